The highest BCUT2D eigenvalue weighted by molar-refractivity contribution is 6.02. The van der Waals surface area contributed by atoms with Crippen molar-refractivity contribution >= 4 is 28.7 Å². The number of methoxy groups -OCH3 is 1. The van der Waals surface area contributed by atoms with Gasteiger partial charge in [-0.25, -0.2) is 4.98 Å². The van der Waals surface area contributed by atoms with Crippen molar-refractivity contribution in [2.75, 3.05) is 12.4 Å². The second kappa shape index (κ2) is 6.54. The van der Waals surface area contributed by atoms with Crippen LogP contribution >= 0.6 is 0 Å². The van der Waals surface area contributed by atoms with Crippen LogP contribution in [0.15, 0.2) is 42.6 Å². The highest BCUT2D eigenvalue weighted by Gasteiger charge is 2.07. The van der Waals surface area contributed by atoms with Gasteiger partial charge in [-0.2, -0.15) is 5.10 Å². The van der Waals surface area contributed by atoms with E-state index in [1.807, 2.05) is 44.3 Å². The van der Waals surface area contributed by atoms with Crippen LogP contribution in [0.3, 0.4) is 0 Å². The molecule has 3 aromatic rings. The Balaban J connectivity index is 1.74. The number of aryl methyl sites for hydroxylation is 2. The third-order valence-electron chi connectivity index (χ3n) is 3.65. The fourth-order valence-electron chi connectivity index (χ4n) is 2.48. The van der Waals surface area contributed by atoms with E-state index in [0.717, 1.165) is 28.0 Å². The van der Waals surface area contributed by atoms with E-state index in [0.29, 0.717) is 5.69 Å². The van der Waals surface area contributed by atoms with Crippen molar-refractivity contribution in [2.45, 2.75) is 6.92 Å². The number of hydrogen-bond donors (Lipinski definition) is 1. The number of carbonyl (C=O) groups excluding carboxylic acids is 1. The predicted molar refractivity (Wildman–Crippen MR) is 93.9 cm³/mol. The average molecular weight is 322 g/mol. The van der Waals surface area contributed by atoms with Gasteiger partial charge in [0.2, 0.25) is 5.91 Å². The number of anilines is 1. The minimum atomic E-state index is -0.222. The Morgan fingerprint density at radius 3 is 2.96 bits per heavy atom. The molecular formula is C18H18N4O2. The standard InChI is InChI=1S/C18H18N4O2/c1-12-16-10-14(11-19-18(16)22(2)21-12)20-17(23)8-7-13-5-4-6-15(9-13)24-3/h4-11H,1-3H3,(H,20,23)/b8-7+. The first-order chi connectivity index (χ1) is 11.6. The first-order valence-electron chi connectivity index (χ1n) is 7.49. The van der Waals surface area contributed by atoms with Crippen molar-refractivity contribution in [3.63, 3.8) is 0 Å². The molecule has 0 aliphatic rings. The van der Waals surface area contributed by atoms with Gasteiger partial charge in [0.1, 0.15) is 5.75 Å². The Hall–Kier alpha value is -3.15. The summed E-state index contributed by atoms with van der Waals surface area (Å²) in [4.78, 5) is 16.4. The fourth-order valence-corrected chi connectivity index (χ4v) is 2.48. The number of pyridine rings is 1. The maximum atomic E-state index is 12.1. The summed E-state index contributed by atoms with van der Waals surface area (Å²) in [5, 5.41) is 8.05. The largest absolute Gasteiger partial charge is 0.497 e. The minimum absolute atomic E-state index is 0.222. The zero-order valence-corrected chi connectivity index (χ0v) is 13.8. The van der Waals surface area contributed by atoms with Gasteiger partial charge in [-0.3, -0.25) is 9.48 Å². The van der Waals surface area contributed by atoms with Crippen molar-refractivity contribution in [3.8, 4) is 5.75 Å². The Morgan fingerprint density at radius 2 is 2.17 bits per heavy atom. The normalized spacial score (nSPS) is 11.1. The lowest BCUT2D eigenvalue weighted by atomic mass is 10.2. The molecule has 0 spiro atoms. The van der Waals surface area contributed by atoms with Gasteiger partial charge in [-0.05, 0) is 36.8 Å². The average Bonchev–Trinajstić information content (AvgIpc) is 2.87. The van der Waals surface area contributed by atoms with Crippen molar-refractivity contribution in [1.82, 2.24) is 14.8 Å². The minimum Gasteiger partial charge on any atom is -0.497 e. The summed E-state index contributed by atoms with van der Waals surface area (Å²) in [6, 6.07) is 9.37. The lowest BCUT2D eigenvalue weighted by Crippen LogP contribution is -2.08. The third kappa shape index (κ3) is 3.27. The van der Waals surface area contributed by atoms with E-state index in [-0.39, 0.29) is 5.91 Å². The van der Waals surface area contributed by atoms with E-state index in [2.05, 4.69) is 15.4 Å². The number of amides is 1. The van der Waals surface area contributed by atoms with Gasteiger partial charge >= 0.3 is 0 Å². The Labute approximate surface area is 139 Å². The van der Waals surface area contributed by atoms with Crippen molar-refractivity contribution in [3.05, 3.63) is 53.9 Å². The fraction of sp³-hybridized carbons (Fsp3) is 0.167. The molecule has 6 nitrogen and oxygen atoms in total. The van der Waals surface area contributed by atoms with Crippen molar-refractivity contribution in [1.29, 1.82) is 0 Å². The lowest BCUT2D eigenvalue weighted by molar-refractivity contribution is -0.111. The summed E-state index contributed by atoms with van der Waals surface area (Å²) >= 11 is 0. The van der Waals surface area contributed by atoms with Crippen molar-refractivity contribution < 1.29 is 9.53 Å². The van der Waals surface area contributed by atoms with E-state index < -0.39 is 0 Å². The summed E-state index contributed by atoms with van der Waals surface area (Å²) in [5.41, 5.74) is 3.19. The predicted octanol–water partition coefficient (Wildman–Crippen LogP) is 2.94. The molecule has 2 heterocycles. The van der Waals surface area contributed by atoms with E-state index >= 15 is 0 Å². The second-order valence-corrected chi connectivity index (χ2v) is 5.40. The summed E-state index contributed by atoms with van der Waals surface area (Å²) in [5.74, 6) is 0.528. The van der Waals surface area contributed by atoms with E-state index in [1.165, 1.54) is 6.08 Å². The molecule has 0 saturated heterocycles. The molecular weight excluding hydrogens is 304 g/mol. The molecule has 2 aromatic heterocycles. The zero-order valence-electron chi connectivity index (χ0n) is 13.8. The molecule has 1 amide bonds. The number of aromatic nitrogens is 3. The van der Waals surface area contributed by atoms with Crippen LogP contribution in [0.1, 0.15) is 11.3 Å². The molecule has 6 heteroatoms. The number of carbonyl (C=O) groups is 1. The smallest absolute Gasteiger partial charge is 0.248 e. The zero-order chi connectivity index (χ0) is 17.1. The molecule has 0 atom stereocenters. The first kappa shape index (κ1) is 15.7. The number of ether oxygens (including phenoxy) is 1. The molecule has 1 aromatic carbocycles. The number of nitrogens with zero attached hydrogens (tertiary/aromatic N) is 3. The monoisotopic (exact) mass is 322 g/mol. The van der Waals surface area contributed by atoms with Gasteiger partial charge in [0.15, 0.2) is 5.65 Å². The van der Waals surface area contributed by atoms with Crippen LogP contribution < -0.4 is 10.1 Å². The molecule has 24 heavy (non-hydrogen) atoms. The highest BCUT2D eigenvalue weighted by Crippen LogP contribution is 2.19. The topological polar surface area (TPSA) is 69.0 Å². The van der Waals surface area contributed by atoms with E-state index in [4.69, 9.17) is 4.74 Å². The highest BCUT2D eigenvalue weighted by atomic mass is 16.5. The second-order valence-electron chi connectivity index (χ2n) is 5.40. The van der Waals surface area contributed by atoms with Crippen LogP contribution in [-0.4, -0.2) is 27.8 Å². The molecule has 0 saturated carbocycles. The molecule has 0 aliphatic carbocycles. The van der Waals surface area contributed by atoms with Crippen molar-refractivity contribution in [2.24, 2.45) is 7.05 Å². The molecule has 0 radical (unpaired) electrons. The first-order valence-corrected chi connectivity index (χ1v) is 7.49. The van der Waals surface area contributed by atoms with Crippen LogP contribution in [0.5, 0.6) is 5.75 Å². The molecule has 0 fully saturated rings. The molecule has 1 N–H and O–H groups in total. The van der Waals surface area contributed by atoms with Crippen LogP contribution in [-0.2, 0) is 11.8 Å². The molecule has 122 valence electrons. The van der Waals surface area contributed by atoms with Gasteiger partial charge in [0.05, 0.1) is 24.7 Å². The quantitative estimate of drug-likeness (QED) is 0.750. The number of rotatable bonds is 4. The van der Waals surface area contributed by atoms with Gasteiger partial charge in [0.25, 0.3) is 0 Å². The van der Waals surface area contributed by atoms with Gasteiger partial charge in [0, 0.05) is 18.5 Å². The summed E-state index contributed by atoms with van der Waals surface area (Å²) in [6.07, 6.45) is 4.84. The Morgan fingerprint density at radius 1 is 1.33 bits per heavy atom. The molecule has 0 unspecified atom stereocenters. The molecule has 0 bridgehead atoms. The van der Waals surface area contributed by atoms with Crippen LogP contribution in [0.4, 0.5) is 5.69 Å². The summed E-state index contributed by atoms with van der Waals surface area (Å²) in [7, 11) is 3.45. The Kier molecular flexibility index (Phi) is 4.29. The van der Waals surface area contributed by atoms with Crippen LogP contribution in [0, 0.1) is 6.92 Å². The number of nitrogens with one attached hydrogen (secondary N) is 1. The number of hydrogen-bond acceptors (Lipinski definition) is 4. The summed E-state index contributed by atoms with van der Waals surface area (Å²) in [6.45, 7) is 1.91. The summed E-state index contributed by atoms with van der Waals surface area (Å²) < 4.78 is 6.88. The van der Waals surface area contributed by atoms with Gasteiger partial charge < -0.3 is 10.1 Å². The van der Waals surface area contributed by atoms with Crippen LogP contribution in [0.2, 0.25) is 0 Å². The Bertz CT molecular complexity index is 928. The van der Waals surface area contributed by atoms with Gasteiger partial charge in [-0.1, -0.05) is 12.1 Å². The van der Waals surface area contributed by atoms with E-state index in [1.54, 1.807) is 24.1 Å². The maximum absolute atomic E-state index is 12.1. The molecule has 0 aliphatic heterocycles. The number of fused-ring (bicyclic) bond motifs is 1. The van der Waals surface area contributed by atoms with E-state index in [9.17, 15) is 4.79 Å². The number of benzene rings is 1. The third-order valence-corrected chi connectivity index (χ3v) is 3.65. The maximum Gasteiger partial charge on any atom is 0.248 e. The molecule has 3 rings (SSSR count). The SMILES string of the molecule is COc1cccc(/C=C/C(=O)Nc2cnc3c(c2)c(C)nn3C)c1. The van der Waals surface area contributed by atoms with Gasteiger partial charge in [-0.15, -0.1) is 0 Å². The lowest BCUT2D eigenvalue weighted by Gasteiger charge is -2.03. The van der Waals surface area contributed by atoms with Crippen LogP contribution in [0.25, 0.3) is 17.1 Å².